The van der Waals surface area contributed by atoms with Gasteiger partial charge in [0, 0.05) is 26.2 Å². The first-order valence-corrected chi connectivity index (χ1v) is 6.57. The van der Waals surface area contributed by atoms with Gasteiger partial charge in [-0.25, -0.2) is 4.63 Å². The second-order valence-electron chi connectivity index (χ2n) is 4.77. The van der Waals surface area contributed by atoms with Crippen LogP contribution in [0.15, 0.2) is 28.9 Å². The van der Waals surface area contributed by atoms with Crippen LogP contribution in [0.4, 0.5) is 11.5 Å². The van der Waals surface area contributed by atoms with E-state index in [-0.39, 0.29) is 23.2 Å². The predicted molar refractivity (Wildman–Crippen MR) is 74.9 cm³/mol. The Morgan fingerprint density at radius 3 is 2.52 bits per heavy atom. The van der Waals surface area contributed by atoms with Crippen molar-refractivity contribution in [3.63, 3.8) is 0 Å². The van der Waals surface area contributed by atoms with Crippen LogP contribution >= 0.6 is 0 Å². The van der Waals surface area contributed by atoms with Gasteiger partial charge in [0.2, 0.25) is 11.5 Å². The molecule has 2 aromatic rings. The fourth-order valence-electron chi connectivity index (χ4n) is 2.38. The maximum absolute atomic E-state index is 12.2. The SMILES string of the molecule is Nc1nonc1C(=O)N1CCN(c2ccccc2O)CC1. The van der Waals surface area contributed by atoms with E-state index in [4.69, 9.17) is 5.73 Å². The molecule has 8 nitrogen and oxygen atoms in total. The smallest absolute Gasteiger partial charge is 0.280 e. The summed E-state index contributed by atoms with van der Waals surface area (Å²) >= 11 is 0. The monoisotopic (exact) mass is 289 g/mol. The highest BCUT2D eigenvalue weighted by atomic mass is 16.6. The number of para-hydroxylation sites is 2. The van der Waals surface area contributed by atoms with Crippen LogP contribution in [0.25, 0.3) is 0 Å². The summed E-state index contributed by atoms with van der Waals surface area (Å²) in [4.78, 5) is 15.9. The Kier molecular flexibility index (Phi) is 3.35. The molecule has 1 fully saturated rings. The van der Waals surface area contributed by atoms with E-state index >= 15 is 0 Å². The molecule has 1 saturated heterocycles. The second kappa shape index (κ2) is 5.31. The number of aromatic hydroxyl groups is 1. The summed E-state index contributed by atoms with van der Waals surface area (Å²) in [6.07, 6.45) is 0. The van der Waals surface area contributed by atoms with E-state index in [9.17, 15) is 9.90 Å². The molecule has 1 aromatic heterocycles. The van der Waals surface area contributed by atoms with Crippen molar-refractivity contribution in [3.05, 3.63) is 30.0 Å². The molecule has 1 aliphatic rings. The molecule has 1 amide bonds. The minimum absolute atomic E-state index is 0.00290. The van der Waals surface area contributed by atoms with Gasteiger partial charge in [0.25, 0.3) is 5.91 Å². The highest BCUT2D eigenvalue weighted by molar-refractivity contribution is 5.96. The maximum atomic E-state index is 12.2. The molecule has 0 spiro atoms. The number of amides is 1. The van der Waals surface area contributed by atoms with Crippen LogP contribution in [0.5, 0.6) is 5.75 Å². The first kappa shape index (κ1) is 13.2. The normalized spacial score (nSPS) is 15.2. The molecule has 3 rings (SSSR count). The van der Waals surface area contributed by atoms with Gasteiger partial charge in [-0.05, 0) is 22.4 Å². The number of carbonyl (C=O) groups is 1. The first-order valence-electron chi connectivity index (χ1n) is 6.57. The average Bonchev–Trinajstić information content (AvgIpc) is 2.93. The molecule has 0 aliphatic carbocycles. The third-order valence-corrected chi connectivity index (χ3v) is 3.51. The topological polar surface area (TPSA) is 109 Å². The zero-order chi connectivity index (χ0) is 14.8. The molecule has 0 atom stereocenters. The van der Waals surface area contributed by atoms with Gasteiger partial charge in [0.15, 0.2) is 0 Å². The molecule has 0 saturated carbocycles. The van der Waals surface area contributed by atoms with Gasteiger partial charge in [0.1, 0.15) is 5.75 Å². The largest absolute Gasteiger partial charge is 0.506 e. The van der Waals surface area contributed by atoms with E-state index in [0.29, 0.717) is 26.2 Å². The number of phenolic OH excluding ortho intramolecular Hbond substituents is 1. The number of piperazine rings is 1. The number of anilines is 2. The predicted octanol–water partition coefficient (Wildman–Crippen LogP) is 0.320. The summed E-state index contributed by atoms with van der Waals surface area (Å²) in [5.41, 5.74) is 6.35. The Morgan fingerprint density at radius 1 is 1.19 bits per heavy atom. The molecule has 2 heterocycles. The number of aromatic nitrogens is 2. The number of phenols is 1. The van der Waals surface area contributed by atoms with E-state index in [1.807, 2.05) is 17.0 Å². The zero-order valence-corrected chi connectivity index (χ0v) is 11.3. The molecular weight excluding hydrogens is 274 g/mol. The quantitative estimate of drug-likeness (QED) is 0.819. The molecule has 1 aliphatic heterocycles. The van der Waals surface area contributed by atoms with E-state index < -0.39 is 0 Å². The maximum Gasteiger partial charge on any atom is 0.280 e. The number of nitrogens with two attached hydrogens (primary N) is 1. The van der Waals surface area contributed by atoms with Crippen LogP contribution < -0.4 is 10.6 Å². The number of hydrogen-bond acceptors (Lipinski definition) is 7. The van der Waals surface area contributed by atoms with Gasteiger partial charge in [-0.2, -0.15) is 0 Å². The van der Waals surface area contributed by atoms with E-state index in [2.05, 4.69) is 14.9 Å². The van der Waals surface area contributed by atoms with Crippen LogP contribution in [0.2, 0.25) is 0 Å². The van der Waals surface area contributed by atoms with Crippen LogP contribution in [-0.4, -0.2) is 52.4 Å². The second-order valence-corrected chi connectivity index (χ2v) is 4.77. The highest BCUT2D eigenvalue weighted by Crippen LogP contribution is 2.27. The van der Waals surface area contributed by atoms with Crippen molar-refractivity contribution in [2.24, 2.45) is 0 Å². The lowest BCUT2D eigenvalue weighted by Gasteiger charge is -2.35. The molecule has 0 unspecified atom stereocenters. The Bertz CT molecular complexity index is 649. The Hall–Kier alpha value is -2.77. The summed E-state index contributed by atoms with van der Waals surface area (Å²) in [5, 5.41) is 16.8. The minimum atomic E-state index is -0.286. The summed E-state index contributed by atoms with van der Waals surface area (Å²) in [6, 6.07) is 7.15. The van der Waals surface area contributed by atoms with Crippen molar-refractivity contribution in [1.82, 2.24) is 15.2 Å². The average molecular weight is 289 g/mol. The fourth-order valence-corrected chi connectivity index (χ4v) is 2.38. The van der Waals surface area contributed by atoms with Crippen molar-refractivity contribution >= 4 is 17.4 Å². The van der Waals surface area contributed by atoms with Crippen molar-refractivity contribution < 1.29 is 14.5 Å². The first-order chi connectivity index (χ1) is 10.2. The molecular formula is C13H15N5O3. The van der Waals surface area contributed by atoms with Crippen LogP contribution in [0, 0.1) is 0 Å². The van der Waals surface area contributed by atoms with E-state index in [1.54, 1.807) is 17.0 Å². The summed E-state index contributed by atoms with van der Waals surface area (Å²) in [7, 11) is 0. The van der Waals surface area contributed by atoms with Gasteiger partial charge in [-0.1, -0.05) is 12.1 Å². The highest BCUT2D eigenvalue weighted by Gasteiger charge is 2.27. The van der Waals surface area contributed by atoms with Crippen LogP contribution in [0.3, 0.4) is 0 Å². The Labute approximate surface area is 120 Å². The van der Waals surface area contributed by atoms with Gasteiger partial charge >= 0.3 is 0 Å². The molecule has 0 bridgehead atoms. The summed E-state index contributed by atoms with van der Waals surface area (Å²) < 4.78 is 4.45. The number of hydrogen-bond donors (Lipinski definition) is 2. The standard InChI is InChI=1S/C13H15N5O3/c14-12-11(15-21-16-12)13(20)18-7-5-17(6-8-18)9-3-1-2-4-10(9)19/h1-4,19H,5-8H2,(H2,14,16). The minimum Gasteiger partial charge on any atom is -0.506 e. The molecule has 1 aromatic carbocycles. The number of rotatable bonds is 2. The van der Waals surface area contributed by atoms with Gasteiger partial charge < -0.3 is 20.6 Å². The molecule has 3 N–H and O–H groups in total. The van der Waals surface area contributed by atoms with Crippen molar-refractivity contribution in [3.8, 4) is 5.75 Å². The zero-order valence-electron chi connectivity index (χ0n) is 11.3. The number of nitrogen functional groups attached to an aromatic ring is 1. The van der Waals surface area contributed by atoms with Crippen molar-refractivity contribution in [2.45, 2.75) is 0 Å². The molecule has 8 heteroatoms. The summed E-state index contributed by atoms with van der Waals surface area (Å²) in [5.74, 6) is -0.0453. The van der Waals surface area contributed by atoms with Crippen LogP contribution in [0.1, 0.15) is 10.5 Å². The van der Waals surface area contributed by atoms with Crippen molar-refractivity contribution in [1.29, 1.82) is 0 Å². The molecule has 110 valence electrons. The lowest BCUT2D eigenvalue weighted by molar-refractivity contribution is 0.0736. The fraction of sp³-hybridized carbons (Fsp3) is 0.308. The number of nitrogens with zero attached hydrogens (tertiary/aromatic N) is 4. The lowest BCUT2D eigenvalue weighted by atomic mass is 10.2. The molecule has 0 radical (unpaired) electrons. The van der Waals surface area contributed by atoms with Gasteiger partial charge in [-0.3, -0.25) is 4.79 Å². The number of benzene rings is 1. The van der Waals surface area contributed by atoms with Crippen LogP contribution in [-0.2, 0) is 0 Å². The number of carbonyl (C=O) groups excluding carboxylic acids is 1. The van der Waals surface area contributed by atoms with E-state index in [1.165, 1.54) is 0 Å². The molecule has 21 heavy (non-hydrogen) atoms. The van der Waals surface area contributed by atoms with Crippen molar-refractivity contribution in [2.75, 3.05) is 36.8 Å². The van der Waals surface area contributed by atoms with Gasteiger partial charge in [0.05, 0.1) is 5.69 Å². The Balaban J connectivity index is 1.67. The van der Waals surface area contributed by atoms with Gasteiger partial charge in [-0.15, -0.1) is 0 Å². The third kappa shape index (κ3) is 2.47. The van der Waals surface area contributed by atoms with E-state index in [0.717, 1.165) is 5.69 Å². The third-order valence-electron chi connectivity index (χ3n) is 3.51. The Morgan fingerprint density at radius 2 is 1.90 bits per heavy atom. The summed E-state index contributed by atoms with van der Waals surface area (Å²) in [6.45, 7) is 2.27. The lowest BCUT2D eigenvalue weighted by Crippen LogP contribution is -2.49.